The molecule has 0 saturated heterocycles. The molecule has 0 bridgehead atoms. The van der Waals surface area contributed by atoms with Crippen molar-refractivity contribution in [1.29, 1.82) is 0 Å². The summed E-state index contributed by atoms with van der Waals surface area (Å²) in [6, 6.07) is 10.4. The third kappa shape index (κ3) is 3.64. The van der Waals surface area contributed by atoms with Crippen molar-refractivity contribution in [2.75, 3.05) is 6.54 Å². The minimum absolute atomic E-state index is 0.123. The number of hydrogen-bond acceptors (Lipinski definition) is 4. The second-order valence-corrected chi connectivity index (χ2v) is 7.14. The first-order chi connectivity index (χ1) is 13.3. The average molecular weight is 379 g/mol. The van der Waals surface area contributed by atoms with Crippen LogP contribution < -0.4 is 5.32 Å². The van der Waals surface area contributed by atoms with Gasteiger partial charge in [0, 0.05) is 48.3 Å². The van der Waals surface area contributed by atoms with Crippen molar-refractivity contribution in [1.82, 2.24) is 24.4 Å². The van der Waals surface area contributed by atoms with Crippen molar-refractivity contribution in [2.24, 2.45) is 0 Å². The molecule has 138 valence electrons. The van der Waals surface area contributed by atoms with E-state index in [1.54, 1.807) is 12.5 Å². The van der Waals surface area contributed by atoms with E-state index >= 15 is 0 Å². The van der Waals surface area contributed by atoms with Gasteiger partial charge >= 0.3 is 0 Å². The van der Waals surface area contributed by atoms with Gasteiger partial charge in [-0.1, -0.05) is 18.2 Å². The summed E-state index contributed by atoms with van der Waals surface area (Å²) >= 11 is 1.51. The lowest BCUT2D eigenvalue weighted by molar-refractivity contribution is 0.0948. The molecule has 0 spiro atoms. The van der Waals surface area contributed by atoms with Crippen LogP contribution in [0.4, 0.5) is 0 Å². The van der Waals surface area contributed by atoms with Gasteiger partial charge in [-0.05, 0) is 25.5 Å². The number of fused-ring (bicyclic) bond motifs is 1. The van der Waals surface area contributed by atoms with Gasteiger partial charge in [0.2, 0.25) is 0 Å². The predicted octanol–water partition coefficient (Wildman–Crippen LogP) is 3.80. The van der Waals surface area contributed by atoms with Gasteiger partial charge in [-0.25, -0.2) is 9.97 Å². The van der Waals surface area contributed by atoms with Crippen LogP contribution in [0.25, 0.3) is 21.6 Å². The van der Waals surface area contributed by atoms with Gasteiger partial charge in [-0.15, -0.1) is 11.3 Å². The lowest BCUT2D eigenvalue weighted by atomic mass is 10.2. The van der Waals surface area contributed by atoms with Gasteiger partial charge in [0.15, 0.2) is 0 Å². The Morgan fingerprint density at radius 1 is 1.30 bits per heavy atom. The molecule has 4 rings (SSSR count). The maximum Gasteiger partial charge on any atom is 0.270 e. The summed E-state index contributed by atoms with van der Waals surface area (Å²) in [5.74, 6) is -0.123. The summed E-state index contributed by atoms with van der Waals surface area (Å²) in [6.45, 7) is 4.42. The fourth-order valence-corrected chi connectivity index (χ4v) is 4.02. The number of amides is 1. The van der Waals surface area contributed by atoms with Crippen molar-refractivity contribution in [3.05, 3.63) is 60.1 Å². The zero-order chi connectivity index (χ0) is 18.6. The number of nitrogens with zero attached hydrogens (tertiary/aromatic N) is 4. The minimum Gasteiger partial charge on any atom is -0.351 e. The zero-order valence-corrected chi connectivity index (χ0v) is 15.9. The summed E-state index contributed by atoms with van der Waals surface area (Å²) in [5.41, 5.74) is 2.73. The molecule has 7 heteroatoms. The molecule has 0 aliphatic rings. The number of aryl methyl sites for hydroxylation is 2. The maximum atomic E-state index is 12.4. The number of rotatable bonds is 7. The highest BCUT2D eigenvalue weighted by molar-refractivity contribution is 7.13. The number of para-hydroxylation sites is 1. The van der Waals surface area contributed by atoms with Crippen molar-refractivity contribution >= 4 is 28.1 Å². The lowest BCUT2D eigenvalue weighted by Crippen LogP contribution is -2.25. The molecule has 0 atom stereocenters. The normalized spacial score (nSPS) is 11.1. The van der Waals surface area contributed by atoms with E-state index in [0.29, 0.717) is 12.2 Å². The van der Waals surface area contributed by atoms with E-state index in [2.05, 4.69) is 45.0 Å². The van der Waals surface area contributed by atoms with Gasteiger partial charge in [0.25, 0.3) is 5.91 Å². The molecule has 0 radical (unpaired) electrons. The quantitative estimate of drug-likeness (QED) is 0.497. The van der Waals surface area contributed by atoms with Crippen LogP contribution in [0.1, 0.15) is 23.8 Å². The van der Waals surface area contributed by atoms with Crippen LogP contribution in [0.3, 0.4) is 0 Å². The van der Waals surface area contributed by atoms with Crippen LogP contribution in [-0.2, 0) is 13.1 Å². The van der Waals surface area contributed by atoms with Crippen LogP contribution in [0.2, 0.25) is 0 Å². The lowest BCUT2D eigenvalue weighted by Gasteiger charge is -2.05. The Bertz CT molecular complexity index is 1050. The maximum absolute atomic E-state index is 12.4. The van der Waals surface area contributed by atoms with Gasteiger partial charge in [-0.3, -0.25) is 4.79 Å². The minimum atomic E-state index is -0.123. The van der Waals surface area contributed by atoms with E-state index in [0.717, 1.165) is 30.2 Å². The first kappa shape index (κ1) is 17.5. The predicted molar refractivity (Wildman–Crippen MR) is 108 cm³/mol. The zero-order valence-electron chi connectivity index (χ0n) is 15.1. The molecule has 1 amide bonds. The van der Waals surface area contributed by atoms with E-state index in [1.165, 1.54) is 22.2 Å². The number of thiazole rings is 1. The summed E-state index contributed by atoms with van der Waals surface area (Å²) in [5, 5.41) is 6.84. The molecule has 6 nitrogen and oxygen atoms in total. The fourth-order valence-electron chi connectivity index (χ4n) is 3.20. The molecule has 3 aromatic heterocycles. The summed E-state index contributed by atoms with van der Waals surface area (Å²) in [6.07, 6.45) is 6.30. The Labute approximate surface area is 161 Å². The topological polar surface area (TPSA) is 64.7 Å². The highest BCUT2D eigenvalue weighted by Crippen LogP contribution is 2.30. The van der Waals surface area contributed by atoms with Gasteiger partial charge in [-0.2, -0.15) is 0 Å². The smallest absolute Gasteiger partial charge is 0.270 e. The molecule has 0 aliphatic heterocycles. The molecule has 27 heavy (non-hydrogen) atoms. The van der Waals surface area contributed by atoms with Crippen LogP contribution in [0.15, 0.2) is 54.4 Å². The number of nitrogens with one attached hydrogen (secondary N) is 1. The SMILES string of the molecule is CCn1c(-c2nc(C(=O)NCCCn3ccnc3)cs2)cc2ccccc21. The van der Waals surface area contributed by atoms with Gasteiger partial charge in [0.05, 0.1) is 12.0 Å². The van der Waals surface area contributed by atoms with Crippen LogP contribution in [-0.4, -0.2) is 31.6 Å². The highest BCUT2D eigenvalue weighted by Gasteiger charge is 2.15. The molecule has 3 heterocycles. The molecule has 1 aromatic carbocycles. The molecule has 4 aromatic rings. The first-order valence-corrected chi connectivity index (χ1v) is 9.92. The average Bonchev–Trinajstić information content (AvgIpc) is 3.43. The molecule has 1 N–H and O–H groups in total. The standard InChI is InChI=1S/C20H21N5OS/c1-2-25-17-7-4-3-6-15(17)12-18(25)20-23-16(13-27-20)19(26)22-8-5-10-24-11-9-21-14-24/h3-4,6-7,9,11-14H,2,5,8,10H2,1H3,(H,22,26). The van der Waals surface area contributed by atoms with E-state index in [-0.39, 0.29) is 5.91 Å². The van der Waals surface area contributed by atoms with Gasteiger partial charge in [0.1, 0.15) is 10.7 Å². The van der Waals surface area contributed by atoms with Crippen molar-refractivity contribution in [3.63, 3.8) is 0 Å². The Hall–Kier alpha value is -2.93. The molecule has 0 saturated carbocycles. The van der Waals surface area contributed by atoms with E-state index in [9.17, 15) is 4.79 Å². The Kier molecular flexibility index (Phi) is 5.02. The second kappa shape index (κ2) is 7.75. The second-order valence-electron chi connectivity index (χ2n) is 6.28. The van der Waals surface area contributed by atoms with Gasteiger partial charge < -0.3 is 14.5 Å². The van der Waals surface area contributed by atoms with Crippen LogP contribution in [0, 0.1) is 0 Å². The number of aromatic nitrogens is 4. The number of hydrogen-bond donors (Lipinski definition) is 1. The van der Waals surface area contributed by atoms with E-state index in [4.69, 9.17) is 0 Å². The third-order valence-electron chi connectivity index (χ3n) is 4.52. The van der Waals surface area contributed by atoms with Crippen molar-refractivity contribution < 1.29 is 4.79 Å². The molecule has 0 fully saturated rings. The first-order valence-electron chi connectivity index (χ1n) is 9.04. The largest absolute Gasteiger partial charge is 0.351 e. The van der Waals surface area contributed by atoms with Crippen molar-refractivity contribution in [2.45, 2.75) is 26.4 Å². The summed E-state index contributed by atoms with van der Waals surface area (Å²) in [7, 11) is 0. The molecular weight excluding hydrogens is 358 g/mol. The molecule has 0 unspecified atom stereocenters. The highest BCUT2D eigenvalue weighted by atomic mass is 32.1. The monoisotopic (exact) mass is 379 g/mol. The molecular formula is C20H21N5OS. The Balaban J connectivity index is 1.44. The number of imidazole rings is 1. The Morgan fingerprint density at radius 2 is 2.19 bits per heavy atom. The summed E-state index contributed by atoms with van der Waals surface area (Å²) in [4.78, 5) is 21.0. The van der Waals surface area contributed by atoms with E-state index < -0.39 is 0 Å². The Morgan fingerprint density at radius 3 is 3.00 bits per heavy atom. The number of carbonyl (C=O) groups is 1. The third-order valence-corrected chi connectivity index (χ3v) is 5.39. The number of carbonyl (C=O) groups excluding carboxylic acids is 1. The van der Waals surface area contributed by atoms with Crippen LogP contribution in [0.5, 0.6) is 0 Å². The molecule has 0 aliphatic carbocycles. The fraction of sp³-hybridized carbons (Fsp3) is 0.250. The van der Waals surface area contributed by atoms with Crippen LogP contribution >= 0.6 is 11.3 Å². The van der Waals surface area contributed by atoms with Crippen molar-refractivity contribution in [3.8, 4) is 10.7 Å². The summed E-state index contributed by atoms with van der Waals surface area (Å²) < 4.78 is 4.23. The van der Waals surface area contributed by atoms with E-state index in [1.807, 2.05) is 28.3 Å². The number of benzene rings is 1.